The van der Waals surface area contributed by atoms with Crippen molar-refractivity contribution in [1.82, 2.24) is 4.98 Å². The molecular formula is C15H17Cl2NOS. The first-order chi connectivity index (χ1) is 9.40. The van der Waals surface area contributed by atoms with Crippen molar-refractivity contribution in [3.05, 3.63) is 44.9 Å². The van der Waals surface area contributed by atoms with Crippen LogP contribution >= 0.6 is 34.5 Å². The zero-order valence-electron chi connectivity index (χ0n) is 11.7. The third-order valence-electron chi connectivity index (χ3n) is 2.84. The van der Waals surface area contributed by atoms with Crippen LogP contribution < -0.4 is 4.74 Å². The molecule has 0 N–H and O–H groups in total. The van der Waals surface area contributed by atoms with Crippen molar-refractivity contribution in [3.8, 4) is 5.75 Å². The molecule has 108 valence electrons. The number of rotatable bonds is 4. The molecule has 0 spiro atoms. The molecule has 0 saturated carbocycles. The average molecular weight is 330 g/mol. The topological polar surface area (TPSA) is 22.1 Å². The lowest BCUT2D eigenvalue weighted by Crippen LogP contribution is -2.11. The Morgan fingerprint density at radius 2 is 2.05 bits per heavy atom. The minimum atomic E-state index is 0.0658. The molecule has 2 aromatic rings. The fraction of sp³-hybridized carbons (Fsp3) is 0.400. The molecule has 0 bridgehead atoms. The van der Waals surface area contributed by atoms with E-state index in [2.05, 4.69) is 31.1 Å². The summed E-state index contributed by atoms with van der Waals surface area (Å²) < 4.78 is 5.80. The molecule has 0 radical (unpaired) electrons. The number of aromatic nitrogens is 1. The second-order valence-electron chi connectivity index (χ2n) is 5.55. The minimum Gasteiger partial charge on any atom is -0.486 e. The first-order valence-electron chi connectivity index (χ1n) is 6.32. The number of halogens is 2. The van der Waals surface area contributed by atoms with Gasteiger partial charge >= 0.3 is 0 Å². The van der Waals surface area contributed by atoms with Gasteiger partial charge < -0.3 is 4.74 Å². The van der Waals surface area contributed by atoms with Crippen LogP contribution in [0, 0.1) is 0 Å². The smallest absolute Gasteiger partial charge is 0.140 e. The van der Waals surface area contributed by atoms with Gasteiger partial charge in [0, 0.05) is 21.4 Å². The summed E-state index contributed by atoms with van der Waals surface area (Å²) in [5, 5.41) is 3.71. The van der Waals surface area contributed by atoms with Crippen molar-refractivity contribution in [2.24, 2.45) is 0 Å². The van der Waals surface area contributed by atoms with Crippen LogP contribution in [0.4, 0.5) is 0 Å². The van der Waals surface area contributed by atoms with Gasteiger partial charge in [0.1, 0.15) is 17.4 Å². The molecule has 0 saturated heterocycles. The maximum atomic E-state index is 5.94. The minimum absolute atomic E-state index is 0.0658. The molecule has 1 aromatic carbocycles. The second-order valence-corrected chi connectivity index (χ2v) is 7.20. The van der Waals surface area contributed by atoms with Crippen LogP contribution in [-0.4, -0.2) is 4.98 Å². The number of hydrogen-bond donors (Lipinski definition) is 0. The predicted molar refractivity (Wildman–Crippen MR) is 86.2 cm³/mol. The van der Waals surface area contributed by atoms with E-state index in [9.17, 15) is 0 Å². The van der Waals surface area contributed by atoms with Crippen LogP contribution in [0.3, 0.4) is 0 Å². The number of thiazole rings is 1. The van der Waals surface area contributed by atoms with E-state index < -0.39 is 0 Å². The summed E-state index contributed by atoms with van der Waals surface area (Å²) in [5.74, 6) is 1.14. The van der Waals surface area contributed by atoms with E-state index in [1.807, 2.05) is 12.1 Å². The largest absolute Gasteiger partial charge is 0.486 e. The molecular weight excluding hydrogens is 313 g/mol. The maximum Gasteiger partial charge on any atom is 0.140 e. The van der Waals surface area contributed by atoms with E-state index in [0.717, 1.165) is 22.0 Å². The molecule has 5 heteroatoms. The molecule has 2 nitrogen and oxygen atoms in total. The van der Waals surface area contributed by atoms with Gasteiger partial charge in [-0.25, -0.2) is 4.98 Å². The van der Waals surface area contributed by atoms with Gasteiger partial charge in [0.15, 0.2) is 0 Å². The van der Waals surface area contributed by atoms with Gasteiger partial charge in [-0.1, -0.05) is 32.4 Å². The fourth-order valence-electron chi connectivity index (χ4n) is 1.65. The Hall–Kier alpha value is -0.770. The molecule has 0 fully saturated rings. The van der Waals surface area contributed by atoms with Crippen LogP contribution in [0.2, 0.25) is 5.02 Å². The van der Waals surface area contributed by atoms with Crippen LogP contribution in [0.5, 0.6) is 5.75 Å². The van der Waals surface area contributed by atoms with Crippen molar-refractivity contribution in [2.45, 2.75) is 38.7 Å². The molecule has 2 rings (SSSR count). The molecule has 0 aliphatic heterocycles. The Kier molecular flexibility index (Phi) is 4.95. The molecule has 20 heavy (non-hydrogen) atoms. The fourth-order valence-corrected chi connectivity index (χ4v) is 2.99. The van der Waals surface area contributed by atoms with Crippen molar-refractivity contribution in [2.75, 3.05) is 0 Å². The molecule has 0 atom stereocenters. The van der Waals surface area contributed by atoms with Gasteiger partial charge in [-0.05, 0) is 18.2 Å². The molecule has 1 aromatic heterocycles. The highest BCUT2D eigenvalue weighted by Gasteiger charge is 2.17. The third-order valence-corrected chi connectivity index (χ3v) is 4.18. The number of nitrogens with zero attached hydrogens (tertiary/aromatic N) is 1. The highest BCUT2D eigenvalue weighted by molar-refractivity contribution is 7.09. The zero-order chi connectivity index (χ0) is 14.8. The van der Waals surface area contributed by atoms with E-state index in [-0.39, 0.29) is 5.41 Å². The summed E-state index contributed by atoms with van der Waals surface area (Å²) in [5.41, 5.74) is 2.05. The first kappa shape index (κ1) is 15.6. The van der Waals surface area contributed by atoms with Crippen molar-refractivity contribution < 1.29 is 4.74 Å². The Balaban J connectivity index is 2.07. The zero-order valence-corrected chi connectivity index (χ0v) is 14.1. The lowest BCUT2D eigenvalue weighted by molar-refractivity contribution is 0.302. The summed E-state index contributed by atoms with van der Waals surface area (Å²) in [6.07, 6.45) is 0. The highest BCUT2D eigenvalue weighted by atomic mass is 35.5. The summed E-state index contributed by atoms with van der Waals surface area (Å²) in [6.45, 7) is 6.90. The molecule has 1 heterocycles. The Morgan fingerprint density at radius 1 is 1.30 bits per heavy atom. The number of hydrogen-bond acceptors (Lipinski definition) is 3. The Labute approximate surface area is 133 Å². The first-order valence-corrected chi connectivity index (χ1v) is 8.11. The number of alkyl halides is 1. The highest BCUT2D eigenvalue weighted by Crippen LogP contribution is 2.27. The van der Waals surface area contributed by atoms with Crippen molar-refractivity contribution in [1.29, 1.82) is 0 Å². The lowest BCUT2D eigenvalue weighted by atomic mass is 9.93. The lowest BCUT2D eigenvalue weighted by Gasteiger charge is -2.14. The summed E-state index contributed by atoms with van der Waals surface area (Å²) in [7, 11) is 0. The van der Waals surface area contributed by atoms with Crippen LogP contribution in [0.25, 0.3) is 0 Å². The number of ether oxygens (including phenoxy) is 1. The normalized spacial score (nSPS) is 11.7. The summed E-state index contributed by atoms with van der Waals surface area (Å²) in [6, 6.07) is 5.47. The maximum absolute atomic E-state index is 5.94. The predicted octanol–water partition coefficient (Wildman–Crippen LogP) is 5.41. The van der Waals surface area contributed by atoms with Gasteiger partial charge in [-0.2, -0.15) is 0 Å². The van der Waals surface area contributed by atoms with E-state index >= 15 is 0 Å². The molecule has 0 aliphatic rings. The molecule has 0 unspecified atom stereocenters. The quantitative estimate of drug-likeness (QED) is 0.699. The SMILES string of the molecule is CC(C)(C)c1csc(COc2ccc(Cl)cc2CCl)n1. The van der Waals surface area contributed by atoms with Gasteiger partial charge in [-0.15, -0.1) is 22.9 Å². The van der Waals surface area contributed by atoms with Gasteiger partial charge in [0.2, 0.25) is 0 Å². The van der Waals surface area contributed by atoms with Gasteiger partial charge in [0.25, 0.3) is 0 Å². The monoisotopic (exact) mass is 329 g/mol. The van der Waals surface area contributed by atoms with E-state index in [4.69, 9.17) is 27.9 Å². The standard InChI is InChI=1S/C15H17Cl2NOS/c1-15(2,3)13-9-20-14(18-13)8-19-12-5-4-11(17)6-10(12)7-16/h4-6,9H,7-8H2,1-3H3. The van der Waals surface area contributed by atoms with E-state index in [1.165, 1.54) is 0 Å². The van der Waals surface area contributed by atoms with Crippen molar-refractivity contribution >= 4 is 34.5 Å². The van der Waals surface area contributed by atoms with Crippen LogP contribution in [0.1, 0.15) is 37.0 Å². The van der Waals surface area contributed by atoms with E-state index in [0.29, 0.717) is 17.5 Å². The second kappa shape index (κ2) is 6.33. The van der Waals surface area contributed by atoms with Crippen molar-refractivity contribution in [3.63, 3.8) is 0 Å². The summed E-state index contributed by atoms with van der Waals surface area (Å²) in [4.78, 5) is 4.60. The molecule has 0 aliphatic carbocycles. The van der Waals surface area contributed by atoms with Crippen LogP contribution in [-0.2, 0) is 17.9 Å². The van der Waals surface area contributed by atoms with Crippen LogP contribution in [0.15, 0.2) is 23.6 Å². The Bertz CT molecular complexity index is 590. The summed E-state index contributed by atoms with van der Waals surface area (Å²) >= 11 is 13.5. The average Bonchev–Trinajstić information content (AvgIpc) is 2.86. The number of benzene rings is 1. The third kappa shape index (κ3) is 3.87. The van der Waals surface area contributed by atoms with E-state index in [1.54, 1.807) is 17.4 Å². The Morgan fingerprint density at radius 3 is 2.65 bits per heavy atom. The molecule has 0 amide bonds. The van der Waals surface area contributed by atoms with Gasteiger partial charge in [-0.3, -0.25) is 0 Å². The van der Waals surface area contributed by atoms with Gasteiger partial charge in [0.05, 0.1) is 11.6 Å².